The number of hydrogen-bond acceptors (Lipinski definition) is 4. The Morgan fingerprint density at radius 1 is 0.875 bits per heavy atom. The van der Waals surface area contributed by atoms with E-state index >= 15 is 0 Å². The van der Waals surface area contributed by atoms with Gasteiger partial charge in [0.05, 0.1) is 17.2 Å². The maximum Gasteiger partial charge on any atom is 0.150 e. The normalized spacial score (nSPS) is 12.1. The SMILES string of the molecule is CC(C)c1ncc2c3ccccc3c3nc4ccncc4n3c2n1. The van der Waals surface area contributed by atoms with Crippen LogP contribution >= 0.6 is 0 Å². The van der Waals surface area contributed by atoms with Gasteiger partial charge in [0.2, 0.25) is 0 Å². The van der Waals surface area contributed by atoms with E-state index in [1.165, 1.54) is 0 Å². The minimum Gasteiger partial charge on any atom is -0.274 e. The molecule has 0 unspecified atom stereocenters. The average molecular weight is 313 g/mol. The summed E-state index contributed by atoms with van der Waals surface area (Å²) >= 11 is 0. The van der Waals surface area contributed by atoms with Crippen molar-refractivity contribution in [1.29, 1.82) is 0 Å². The van der Waals surface area contributed by atoms with E-state index in [0.717, 1.165) is 44.3 Å². The summed E-state index contributed by atoms with van der Waals surface area (Å²) in [7, 11) is 0. The quantitative estimate of drug-likeness (QED) is 0.437. The Bertz CT molecular complexity index is 1240. The first-order valence-electron chi connectivity index (χ1n) is 8.03. The summed E-state index contributed by atoms with van der Waals surface area (Å²) in [4.78, 5) is 18.5. The van der Waals surface area contributed by atoms with E-state index in [2.05, 4.69) is 40.3 Å². The molecular formula is C19H15N5. The monoisotopic (exact) mass is 313 g/mol. The second kappa shape index (κ2) is 4.71. The van der Waals surface area contributed by atoms with Gasteiger partial charge in [0.1, 0.15) is 11.5 Å². The van der Waals surface area contributed by atoms with Gasteiger partial charge < -0.3 is 0 Å². The highest BCUT2D eigenvalue weighted by Crippen LogP contribution is 2.31. The first kappa shape index (κ1) is 13.4. The minimum absolute atomic E-state index is 0.267. The molecule has 0 bridgehead atoms. The molecule has 0 N–H and O–H groups in total. The van der Waals surface area contributed by atoms with Gasteiger partial charge in [0.25, 0.3) is 0 Å². The summed E-state index contributed by atoms with van der Waals surface area (Å²) in [5, 5.41) is 3.26. The summed E-state index contributed by atoms with van der Waals surface area (Å²) in [5.41, 5.74) is 3.69. The average Bonchev–Trinajstić information content (AvgIpc) is 3.01. The lowest BCUT2D eigenvalue weighted by Gasteiger charge is -2.10. The minimum atomic E-state index is 0.267. The van der Waals surface area contributed by atoms with Gasteiger partial charge in [-0.2, -0.15) is 0 Å². The molecular weight excluding hydrogens is 298 g/mol. The number of benzene rings is 1. The molecule has 5 aromatic rings. The van der Waals surface area contributed by atoms with Crippen LogP contribution < -0.4 is 0 Å². The zero-order valence-electron chi connectivity index (χ0n) is 13.4. The maximum absolute atomic E-state index is 4.86. The zero-order chi connectivity index (χ0) is 16.3. The molecule has 4 heterocycles. The van der Waals surface area contributed by atoms with Crippen LogP contribution in [0, 0.1) is 0 Å². The van der Waals surface area contributed by atoms with Crippen LogP contribution in [-0.2, 0) is 0 Å². The summed E-state index contributed by atoms with van der Waals surface area (Å²) in [5.74, 6) is 1.11. The molecule has 1 aromatic carbocycles. The van der Waals surface area contributed by atoms with Crippen LogP contribution in [0.1, 0.15) is 25.6 Å². The number of nitrogens with zero attached hydrogens (tertiary/aromatic N) is 5. The van der Waals surface area contributed by atoms with Gasteiger partial charge in [0.15, 0.2) is 5.65 Å². The Morgan fingerprint density at radius 2 is 1.67 bits per heavy atom. The molecule has 0 radical (unpaired) electrons. The van der Waals surface area contributed by atoms with E-state index in [0.29, 0.717) is 0 Å². The van der Waals surface area contributed by atoms with Crippen molar-refractivity contribution in [3.63, 3.8) is 0 Å². The second-order valence-corrected chi connectivity index (χ2v) is 6.30. The predicted molar refractivity (Wildman–Crippen MR) is 95.2 cm³/mol. The number of imidazole rings is 1. The van der Waals surface area contributed by atoms with Crippen molar-refractivity contribution in [3.8, 4) is 0 Å². The Kier molecular flexibility index (Phi) is 2.62. The molecule has 0 aliphatic rings. The van der Waals surface area contributed by atoms with Crippen molar-refractivity contribution in [1.82, 2.24) is 24.3 Å². The van der Waals surface area contributed by atoms with E-state index in [-0.39, 0.29) is 5.92 Å². The Balaban J connectivity index is 2.14. The number of hydrogen-bond donors (Lipinski definition) is 0. The summed E-state index contributed by atoms with van der Waals surface area (Å²) in [6, 6.07) is 10.2. The van der Waals surface area contributed by atoms with Crippen molar-refractivity contribution in [2.24, 2.45) is 0 Å². The van der Waals surface area contributed by atoms with Crippen LogP contribution in [0.25, 0.3) is 38.5 Å². The third-order valence-electron chi connectivity index (χ3n) is 4.43. The number of aromatic nitrogens is 5. The Morgan fingerprint density at radius 3 is 2.50 bits per heavy atom. The smallest absolute Gasteiger partial charge is 0.150 e. The van der Waals surface area contributed by atoms with Crippen molar-refractivity contribution < 1.29 is 0 Å². The molecule has 4 aromatic heterocycles. The van der Waals surface area contributed by atoms with Crippen molar-refractivity contribution in [3.05, 3.63) is 54.7 Å². The lowest BCUT2D eigenvalue weighted by molar-refractivity contribution is 0.780. The molecule has 116 valence electrons. The number of pyridine rings is 2. The van der Waals surface area contributed by atoms with Gasteiger partial charge in [-0.25, -0.2) is 15.0 Å². The van der Waals surface area contributed by atoms with Gasteiger partial charge >= 0.3 is 0 Å². The number of rotatable bonds is 1. The standard InChI is InChI=1S/C19H15N5/c1-11(2)17-21-9-14-12-5-3-4-6-13(12)18-22-15-7-8-20-10-16(15)24(18)19(14)23-17/h3-11H,1-2H3. The molecule has 0 aliphatic heterocycles. The highest BCUT2D eigenvalue weighted by atomic mass is 15.1. The molecule has 0 saturated heterocycles. The first-order chi connectivity index (χ1) is 11.7. The molecule has 5 rings (SSSR count). The van der Waals surface area contributed by atoms with E-state index in [1.807, 2.05) is 30.6 Å². The van der Waals surface area contributed by atoms with Gasteiger partial charge in [-0.15, -0.1) is 0 Å². The van der Waals surface area contributed by atoms with Crippen molar-refractivity contribution >= 4 is 38.5 Å². The van der Waals surface area contributed by atoms with Gasteiger partial charge in [0, 0.05) is 29.1 Å². The van der Waals surface area contributed by atoms with E-state index in [4.69, 9.17) is 9.97 Å². The molecule has 5 nitrogen and oxygen atoms in total. The molecule has 0 amide bonds. The number of fused-ring (bicyclic) bond motifs is 8. The van der Waals surface area contributed by atoms with E-state index < -0.39 is 0 Å². The summed E-state index contributed by atoms with van der Waals surface area (Å²) < 4.78 is 2.10. The molecule has 0 atom stereocenters. The van der Waals surface area contributed by atoms with Crippen LogP contribution in [0.15, 0.2) is 48.9 Å². The summed E-state index contributed by atoms with van der Waals surface area (Å²) in [6.45, 7) is 4.21. The van der Waals surface area contributed by atoms with Gasteiger partial charge in [-0.1, -0.05) is 38.1 Å². The Labute approximate surface area is 138 Å². The van der Waals surface area contributed by atoms with Crippen LogP contribution in [-0.4, -0.2) is 24.3 Å². The third-order valence-corrected chi connectivity index (χ3v) is 4.43. The fraction of sp³-hybridized carbons (Fsp3) is 0.158. The van der Waals surface area contributed by atoms with E-state index in [1.54, 1.807) is 6.20 Å². The topological polar surface area (TPSA) is 56.0 Å². The van der Waals surface area contributed by atoms with Crippen LogP contribution in [0.5, 0.6) is 0 Å². The highest BCUT2D eigenvalue weighted by Gasteiger charge is 2.15. The maximum atomic E-state index is 4.86. The second-order valence-electron chi connectivity index (χ2n) is 6.30. The van der Waals surface area contributed by atoms with Crippen LogP contribution in [0.4, 0.5) is 0 Å². The predicted octanol–water partition coefficient (Wildman–Crippen LogP) is 4.10. The first-order valence-corrected chi connectivity index (χ1v) is 8.03. The highest BCUT2D eigenvalue weighted by molar-refractivity contribution is 6.12. The molecule has 0 fully saturated rings. The molecule has 5 heteroatoms. The van der Waals surface area contributed by atoms with Gasteiger partial charge in [-0.3, -0.25) is 9.38 Å². The van der Waals surface area contributed by atoms with E-state index in [9.17, 15) is 0 Å². The molecule has 0 saturated carbocycles. The lowest BCUT2D eigenvalue weighted by atomic mass is 10.1. The molecule has 0 aliphatic carbocycles. The van der Waals surface area contributed by atoms with Crippen molar-refractivity contribution in [2.45, 2.75) is 19.8 Å². The third kappa shape index (κ3) is 1.69. The summed E-state index contributed by atoms with van der Waals surface area (Å²) in [6.07, 6.45) is 5.55. The molecule has 24 heavy (non-hydrogen) atoms. The fourth-order valence-electron chi connectivity index (χ4n) is 3.26. The lowest BCUT2D eigenvalue weighted by Crippen LogP contribution is -2.01. The van der Waals surface area contributed by atoms with Gasteiger partial charge in [-0.05, 0) is 11.5 Å². The van der Waals surface area contributed by atoms with Crippen molar-refractivity contribution in [2.75, 3.05) is 0 Å². The fourth-order valence-corrected chi connectivity index (χ4v) is 3.26. The largest absolute Gasteiger partial charge is 0.274 e. The Hall–Kier alpha value is -3.08. The zero-order valence-corrected chi connectivity index (χ0v) is 13.4. The van der Waals surface area contributed by atoms with Crippen LogP contribution in [0.3, 0.4) is 0 Å². The van der Waals surface area contributed by atoms with Crippen LogP contribution in [0.2, 0.25) is 0 Å². The molecule has 0 spiro atoms.